The molecule has 0 heteroatoms. The van der Waals surface area contributed by atoms with Crippen molar-refractivity contribution in [2.75, 3.05) is 0 Å². The van der Waals surface area contributed by atoms with Gasteiger partial charge in [0.15, 0.2) is 0 Å². The number of allylic oxidation sites excluding steroid dienone is 5. The van der Waals surface area contributed by atoms with Crippen LogP contribution in [0.4, 0.5) is 0 Å². The maximum absolute atomic E-state index is 4.33. The van der Waals surface area contributed by atoms with Crippen LogP contribution in [0, 0.1) is 0 Å². The first-order valence-electron chi connectivity index (χ1n) is 24.4. The van der Waals surface area contributed by atoms with E-state index in [0.717, 1.165) is 0 Å². The summed E-state index contributed by atoms with van der Waals surface area (Å²) in [5.41, 5.74) is 23.1. The summed E-state index contributed by atoms with van der Waals surface area (Å²) in [6, 6.07) is 65.5. The lowest BCUT2D eigenvalue weighted by Gasteiger charge is -2.26. The summed E-state index contributed by atoms with van der Waals surface area (Å²) in [5.74, 6) is 0. The monoisotopic (exact) mass is 870 g/mol. The van der Waals surface area contributed by atoms with Crippen LogP contribution in [0.3, 0.4) is 0 Å². The van der Waals surface area contributed by atoms with E-state index in [-0.39, 0.29) is 16.2 Å². The topological polar surface area (TPSA) is 0 Å². The van der Waals surface area contributed by atoms with Gasteiger partial charge in [0.1, 0.15) is 0 Å². The van der Waals surface area contributed by atoms with Crippen molar-refractivity contribution in [3.8, 4) is 55.6 Å². The molecule has 10 aromatic rings. The molecule has 3 aliphatic rings. The molecule has 0 amide bonds. The molecule has 0 N–H and O–H groups in total. The molecule has 0 aromatic heterocycles. The van der Waals surface area contributed by atoms with Crippen LogP contribution in [0.25, 0.3) is 104 Å². The van der Waals surface area contributed by atoms with Crippen LogP contribution in [-0.4, -0.2) is 0 Å². The minimum absolute atomic E-state index is 0.139. The fraction of sp³-hybridized carbons (Fsp3) is 0.147. The Morgan fingerprint density at radius 3 is 1.51 bits per heavy atom. The first-order valence-corrected chi connectivity index (χ1v) is 24.4. The SMILES string of the molecule is C=CC1=C(/C=C\C)c2ccc(-c3c4ccc(-c5ccc6cc7ccccc7cc6c5)cc4c(-c4ccc5c(c4)C(C)(C)c4ccccc4-5)c4cc5c(cc34)-c3ccccc3C5(C)C)cc2C1(C)C. The first kappa shape index (κ1) is 40.7. The molecule has 0 heterocycles. The zero-order valence-corrected chi connectivity index (χ0v) is 40.1. The van der Waals surface area contributed by atoms with E-state index in [4.69, 9.17) is 0 Å². The molecule has 0 nitrogen and oxygen atoms in total. The van der Waals surface area contributed by atoms with Gasteiger partial charge in [0, 0.05) is 16.2 Å². The van der Waals surface area contributed by atoms with Gasteiger partial charge in [0.2, 0.25) is 0 Å². The highest BCUT2D eigenvalue weighted by atomic mass is 14.4. The smallest absolute Gasteiger partial charge is 0.0159 e. The van der Waals surface area contributed by atoms with E-state index in [9.17, 15) is 0 Å². The van der Waals surface area contributed by atoms with E-state index in [1.807, 2.05) is 0 Å². The molecule has 13 rings (SSSR count). The lowest BCUT2D eigenvalue weighted by Crippen LogP contribution is -2.16. The van der Waals surface area contributed by atoms with E-state index >= 15 is 0 Å². The van der Waals surface area contributed by atoms with Gasteiger partial charge >= 0.3 is 0 Å². The van der Waals surface area contributed by atoms with Crippen LogP contribution >= 0.6 is 0 Å². The standard InChI is InChI=1S/C68H54/c1-9-17-48-51-29-27-45(36-61(51)66(3,4)58(48)10-2)64-53-31-26-44(42-24-25-43-32-40-18-11-12-19-41(40)33-47(43)34-42)35-55(53)65(46-28-30-52-49-20-13-15-22-59(49)67(5,6)62(52)37-46)57-39-63-54(38-56(57)64)50-21-14-16-23-60(50)68(63,7)8/h9-39H,2H2,1,3-8H3/b17-9-. The second-order valence-electron chi connectivity index (χ2n) is 21.2. The van der Waals surface area contributed by atoms with Crippen LogP contribution < -0.4 is 0 Å². The highest BCUT2D eigenvalue weighted by Crippen LogP contribution is 2.56. The van der Waals surface area contributed by atoms with Gasteiger partial charge in [-0.15, -0.1) is 0 Å². The van der Waals surface area contributed by atoms with Crippen molar-refractivity contribution >= 4 is 48.7 Å². The van der Waals surface area contributed by atoms with Gasteiger partial charge in [0.25, 0.3) is 0 Å². The molecule has 0 spiro atoms. The fourth-order valence-corrected chi connectivity index (χ4v) is 13.0. The number of hydrogen-bond donors (Lipinski definition) is 0. The number of benzene rings is 10. The largest absolute Gasteiger partial charge is 0.0987 e. The second-order valence-corrected chi connectivity index (χ2v) is 21.2. The Bertz CT molecular complexity index is 3950. The van der Waals surface area contributed by atoms with Crippen LogP contribution in [-0.2, 0) is 16.2 Å². The van der Waals surface area contributed by atoms with Crippen LogP contribution in [0.5, 0.6) is 0 Å². The lowest BCUT2D eigenvalue weighted by molar-refractivity contribution is 0.655. The number of hydrogen-bond acceptors (Lipinski definition) is 0. The third-order valence-electron chi connectivity index (χ3n) is 16.5. The Kier molecular flexibility index (Phi) is 8.53. The molecule has 0 bridgehead atoms. The molecule has 0 aliphatic heterocycles. The molecule has 0 atom stereocenters. The van der Waals surface area contributed by atoms with E-state index < -0.39 is 0 Å². The maximum atomic E-state index is 4.33. The summed E-state index contributed by atoms with van der Waals surface area (Å²) in [7, 11) is 0. The van der Waals surface area contributed by atoms with Gasteiger partial charge in [-0.05, 0) is 199 Å². The van der Waals surface area contributed by atoms with Crippen molar-refractivity contribution in [2.24, 2.45) is 0 Å². The number of rotatable bonds is 5. The molecule has 0 radical (unpaired) electrons. The summed E-state index contributed by atoms with van der Waals surface area (Å²) >= 11 is 0. The van der Waals surface area contributed by atoms with E-state index in [0.29, 0.717) is 0 Å². The molecule has 0 fully saturated rings. The van der Waals surface area contributed by atoms with Crippen molar-refractivity contribution in [3.63, 3.8) is 0 Å². The summed E-state index contributed by atoms with van der Waals surface area (Å²) in [5, 5.41) is 10.2. The Morgan fingerprint density at radius 1 is 0.353 bits per heavy atom. The van der Waals surface area contributed by atoms with Gasteiger partial charge in [-0.25, -0.2) is 0 Å². The maximum Gasteiger partial charge on any atom is 0.0159 e. The molecule has 0 saturated heterocycles. The third-order valence-corrected chi connectivity index (χ3v) is 16.5. The molecule has 68 heavy (non-hydrogen) atoms. The van der Waals surface area contributed by atoms with Crippen molar-refractivity contribution < 1.29 is 0 Å². The molecule has 3 aliphatic carbocycles. The summed E-state index contributed by atoms with van der Waals surface area (Å²) in [4.78, 5) is 0. The predicted octanol–water partition coefficient (Wildman–Crippen LogP) is 18.7. The van der Waals surface area contributed by atoms with E-state index in [1.165, 1.54) is 143 Å². The Balaban J connectivity index is 1.15. The van der Waals surface area contributed by atoms with Crippen LogP contribution in [0.15, 0.2) is 200 Å². The average molecular weight is 871 g/mol. The normalized spacial score (nSPS) is 15.9. The van der Waals surface area contributed by atoms with Crippen LogP contribution in [0.2, 0.25) is 0 Å². The fourth-order valence-electron chi connectivity index (χ4n) is 13.0. The van der Waals surface area contributed by atoms with Gasteiger partial charge in [-0.1, -0.05) is 188 Å². The Hall–Kier alpha value is -7.54. The highest BCUT2D eigenvalue weighted by molar-refractivity contribution is 6.23. The lowest BCUT2D eigenvalue weighted by atomic mass is 9.77. The minimum atomic E-state index is -0.207. The zero-order valence-electron chi connectivity index (χ0n) is 40.1. The highest BCUT2D eigenvalue weighted by Gasteiger charge is 2.39. The molecular weight excluding hydrogens is 817 g/mol. The van der Waals surface area contributed by atoms with Crippen molar-refractivity contribution in [2.45, 2.75) is 64.7 Å². The van der Waals surface area contributed by atoms with Crippen molar-refractivity contribution in [1.82, 2.24) is 0 Å². The quantitative estimate of drug-likeness (QED) is 0.151. The van der Waals surface area contributed by atoms with E-state index in [1.54, 1.807) is 0 Å². The average Bonchev–Trinajstić information content (AvgIpc) is 3.82. The molecule has 0 unspecified atom stereocenters. The van der Waals surface area contributed by atoms with Crippen molar-refractivity contribution in [1.29, 1.82) is 0 Å². The minimum Gasteiger partial charge on any atom is -0.0987 e. The van der Waals surface area contributed by atoms with Gasteiger partial charge in [0.05, 0.1) is 0 Å². The number of fused-ring (bicyclic) bond motifs is 11. The Morgan fingerprint density at radius 2 is 0.838 bits per heavy atom. The molecule has 0 saturated carbocycles. The summed E-state index contributed by atoms with van der Waals surface area (Å²) in [6.07, 6.45) is 6.50. The summed E-state index contributed by atoms with van der Waals surface area (Å²) < 4.78 is 0. The Labute approximate surface area is 400 Å². The summed E-state index contributed by atoms with van der Waals surface area (Å²) in [6.45, 7) is 20.8. The van der Waals surface area contributed by atoms with Gasteiger partial charge in [-0.2, -0.15) is 0 Å². The van der Waals surface area contributed by atoms with E-state index in [2.05, 4.69) is 243 Å². The van der Waals surface area contributed by atoms with Crippen molar-refractivity contribution in [3.05, 3.63) is 234 Å². The third kappa shape index (κ3) is 5.55. The molecule has 326 valence electrons. The second kappa shape index (κ2) is 14.2. The van der Waals surface area contributed by atoms with Crippen LogP contribution in [0.1, 0.15) is 81.8 Å². The zero-order chi connectivity index (χ0) is 46.4. The molecular formula is C68H54. The first-order chi connectivity index (χ1) is 32.9. The predicted molar refractivity (Wildman–Crippen MR) is 293 cm³/mol. The van der Waals surface area contributed by atoms with Gasteiger partial charge in [-0.3, -0.25) is 0 Å². The molecule has 10 aromatic carbocycles. The van der Waals surface area contributed by atoms with Gasteiger partial charge < -0.3 is 0 Å².